The van der Waals surface area contributed by atoms with Gasteiger partial charge in [-0.3, -0.25) is 14.6 Å². The van der Waals surface area contributed by atoms with E-state index >= 15 is 0 Å². The Morgan fingerprint density at radius 3 is 2.47 bits per heavy atom. The van der Waals surface area contributed by atoms with E-state index in [2.05, 4.69) is 15.3 Å². The summed E-state index contributed by atoms with van der Waals surface area (Å²) in [5.41, 5.74) is -3.96. The van der Waals surface area contributed by atoms with Crippen LogP contribution in [0.1, 0.15) is 47.8 Å². The van der Waals surface area contributed by atoms with E-state index in [0.717, 1.165) is 44.3 Å². The molecule has 10 heteroatoms. The zero-order valence-corrected chi connectivity index (χ0v) is 16.9. The minimum atomic E-state index is -4.34. The zero-order valence-electron chi connectivity index (χ0n) is 16.0. The van der Waals surface area contributed by atoms with Gasteiger partial charge in [0.2, 0.25) is 5.95 Å². The second-order valence-corrected chi connectivity index (χ2v) is 8.69. The quantitative estimate of drug-likeness (QED) is 0.670. The summed E-state index contributed by atoms with van der Waals surface area (Å²) in [4.78, 5) is 33.9. The van der Waals surface area contributed by atoms with Crippen LogP contribution in [0.3, 0.4) is 0 Å². The molecule has 1 unspecified atom stereocenters. The molecule has 4 rings (SSSR count). The lowest BCUT2D eigenvalue weighted by Crippen LogP contribution is -2.33. The Morgan fingerprint density at radius 1 is 1.20 bits per heavy atom. The van der Waals surface area contributed by atoms with Crippen molar-refractivity contribution < 1.29 is 18.0 Å². The fourth-order valence-corrected chi connectivity index (χ4v) is 4.17. The van der Waals surface area contributed by atoms with Gasteiger partial charge < -0.3 is 10.2 Å². The molecule has 1 aromatic heterocycles. The molecule has 1 saturated carbocycles. The number of thioether (sulfide) groups is 1. The normalized spacial score (nSPS) is 17.8. The topological polar surface area (TPSA) is 78.1 Å². The number of H-pyrrole nitrogens is 1. The summed E-state index contributed by atoms with van der Waals surface area (Å²) in [7, 11) is 0. The monoisotopic (exact) mass is 438 g/mol. The molecule has 0 spiro atoms. The first kappa shape index (κ1) is 20.8. The maximum Gasteiger partial charge on any atom is 0.446 e. The van der Waals surface area contributed by atoms with Crippen molar-refractivity contribution in [3.63, 3.8) is 0 Å². The number of aromatic amines is 1. The van der Waals surface area contributed by atoms with Gasteiger partial charge in [0.05, 0.1) is 6.04 Å². The van der Waals surface area contributed by atoms with Gasteiger partial charge in [0, 0.05) is 24.1 Å². The Balaban J connectivity index is 1.51. The zero-order chi connectivity index (χ0) is 21.3. The highest BCUT2D eigenvalue weighted by Gasteiger charge is 2.34. The van der Waals surface area contributed by atoms with E-state index in [1.807, 2.05) is 4.90 Å². The number of carbonyl (C=O) groups excluding carboxylic acids is 1. The molecule has 1 atom stereocenters. The number of benzene rings is 1. The molecule has 1 saturated heterocycles. The Bertz CT molecular complexity index is 967. The van der Waals surface area contributed by atoms with Crippen LogP contribution in [-0.4, -0.2) is 34.5 Å². The number of nitrogens with one attached hydrogen (secondary N) is 2. The number of alkyl halides is 3. The average molecular weight is 438 g/mol. The Morgan fingerprint density at radius 2 is 1.87 bits per heavy atom. The largest absolute Gasteiger partial charge is 0.446 e. The molecular formula is C20H21F3N4O2S. The predicted molar refractivity (Wildman–Crippen MR) is 108 cm³/mol. The highest BCUT2D eigenvalue weighted by Crippen LogP contribution is 2.42. The van der Waals surface area contributed by atoms with E-state index in [1.165, 1.54) is 18.2 Å². The van der Waals surface area contributed by atoms with E-state index < -0.39 is 17.0 Å². The molecule has 30 heavy (non-hydrogen) atoms. The van der Waals surface area contributed by atoms with Crippen molar-refractivity contribution in [3.05, 3.63) is 51.9 Å². The third-order valence-corrected chi connectivity index (χ3v) is 5.96. The number of hydrogen-bond acceptors (Lipinski definition) is 5. The summed E-state index contributed by atoms with van der Waals surface area (Å²) < 4.78 is 37.6. The minimum Gasteiger partial charge on any atom is -0.344 e. The molecule has 0 bridgehead atoms. The van der Waals surface area contributed by atoms with Crippen LogP contribution in [0.4, 0.5) is 19.1 Å². The van der Waals surface area contributed by atoms with E-state index in [-0.39, 0.29) is 34.3 Å². The molecule has 1 aromatic carbocycles. The molecule has 0 radical (unpaired) electrons. The molecular weight excluding hydrogens is 417 g/mol. The van der Waals surface area contributed by atoms with Crippen molar-refractivity contribution in [1.82, 2.24) is 15.3 Å². The fourth-order valence-electron chi connectivity index (χ4n) is 3.63. The second-order valence-electron chi connectivity index (χ2n) is 7.55. The smallest absolute Gasteiger partial charge is 0.344 e. The molecule has 160 valence electrons. The van der Waals surface area contributed by atoms with Gasteiger partial charge in [-0.2, -0.15) is 13.2 Å². The third kappa shape index (κ3) is 5.16. The summed E-state index contributed by atoms with van der Waals surface area (Å²) in [6, 6.07) is 6.87. The minimum absolute atomic E-state index is 0.0375. The van der Waals surface area contributed by atoms with Crippen LogP contribution in [0, 0.1) is 5.92 Å². The molecule has 1 aliphatic heterocycles. The van der Waals surface area contributed by atoms with Gasteiger partial charge >= 0.3 is 5.51 Å². The number of nitrogens with zero attached hydrogens (tertiary/aromatic N) is 2. The number of amides is 1. The van der Waals surface area contributed by atoms with Crippen LogP contribution in [0.15, 0.2) is 40.0 Å². The van der Waals surface area contributed by atoms with E-state index in [4.69, 9.17) is 0 Å². The molecule has 1 aliphatic carbocycles. The maximum atomic E-state index is 12.8. The highest BCUT2D eigenvalue weighted by molar-refractivity contribution is 8.00. The first-order chi connectivity index (χ1) is 14.3. The molecule has 2 N–H and O–H groups in total. The van der Waals surface area contributed by atoms with Crippen molar-refractivity contribution in [2.75, 3.05) is 18.0 Å². The summed E-state index contributed by atoms with van der Waals surface area (Å²) in [5.74, 6) is 0.143. The number of hydrogen-bond donors (Lipinski definition) is 2. The lowest BCUT2D eigenvalue weighted by molar-refractivity contribution is -0.0328. The number of anilines is 1. The Kier molecular flexibility index (Phi) is 5.77. The van der Waals surface area contributed by atoms with Crippen molar-refractivity contribution in [2.24, 2.45) is 5.92 Å². The summed E-state index contributed by atoms with van der Waals surface area (Å²) in [5, 5.41) is 2.92. The lowest BCUT2D eigenvalue weighted by Gasteiger charge is -2.20. The van der Waals surface area contributed by atoms with Crippen LogP contribution >= 0.6 is 11.8 Å². The number of aromatic nitrogens is 2. The molecule has 2 aromatic rings. The van der Waals surface area contributed by atoms with Gasteiger partial charge in [-0.1, -0.05) is 12.1 Å². The average Bonchev–Trinajstić information content (AvgIpc) is 3.37. The van der Waals surface area contributed by atoms with Crippen molar-refractivity contribution in [3.8, 4) is 0 Å². The number of carbonyl (C=O) groups is 1. The van der Waals surface area contributed by atoms with Crippen LogP contribution in [-0.2, 0) is 0 Å². The van der Waals surface area contributed by atoms with E-state index in [1.54, 1.807) is 12.1 Å². The third-order valence-electron chi connectivity index (χ3n) is 5.22. The second kappa shape index (κ2) is 8.33. The van der Waals surface area contributed by atoms with Crippen molar-refractivity contribution >= 4 is 23.6 Å². The molecule has 2 heterocycles. The van der Waals surface area contributed by atoms with Crippen LogP contribution in [0.2, 0.25) is 0 Å². The maximum absolute atomic E-state index is 12.8. The number of rotatable bonds is 6. The number of halogens is 3. The predicted octanol–water partition coefficient (Wildman–Crippen LogP) is 3.86. The summed E-state index contributed by atoms with van der Waals surface area (Å²) in [6.07, 6.45) is 3.86. The molecule has 1 amide bonds. The van der Waals surface area contributed by atoms with Gasteiger partial charge in [0.15, 0.2) is 0 Å². The van der Waals surface area contributed by atoms with E-state index in [9.17, 15) is 22.8 Å². The summed E-state index contributed by atoms with van der Waals surface area (Å²) in [6.45, 7) is 1.56. The summed E-state index contributed by atoms with van der Waals surface area (Å²) >= 11 is -0.169. The van der Waals surface area contributed by atoms with Gasteiger partial charge in [0.25, 0.3) is 11.5 Å². The standard InChI is InChI=1S/C20H21F3N4O2S/c21-20(22,23)30-14-7-5-13(6-8-14)17(12-3-4-12)26-18(29)15-11-16(28)25-19(24-15)27-9-1-2-10-27/h5-8,11-12,17H,1-4,9-10H2,(H,26,29)(H,24,25,28). The SMILES string of the molecule is O=C(NC(c1ccc(SC(F)(F)F)cc1)C1CC1)c1cc(=O)[nH]c(N2CCCC2)n1. The first-order valence-electron chi connectivity index (χ1n) is 9.81. The lowest BCUT2D eigenvalue weighted by atomic mass is 10.0. The van der Waals surface area contributed by atoms with Gasteiger partial charge in [-0.25, -0.2) is 4.98 Å². The van der Waals surface area contributed by atoms with Crippen molar-refractivity contribution in [1.29, 1.82) is 0 Å². The fraction of sp³-hybridized carbons (Fsp3) is 0.450. The molecule has 6 nitrogen and oxygen atoms in total. The first-order valence-corrected chi connectivity index (χ1v) is 10.6. The van der Waals surface area contributed by atoms with Crippen molar-refractivity contribution in [2.45, 2.75) is 42.1 Å². The van der Waals surface area contributed by atoms with Gasteiger partial charge in [-0.05, 0) is 61.1 Å². The van der Waals surface area contributed by atoms with Crippen LogP contribution < -0.4 is 15.8 Å². The van der Waals surface area contributed by atoms with Crippen LogP contribution in [0.25, 0.3) is 0 Å². The Labute approximate surface area is 175 Å². The molecule has 2 aliphatic rings. The van der Waals surface area contributed by atoms with Crippen LogP contribution in [0.5, 0.6) is 0 Å². The Hall–Kier alpha value is -2.49. The van der Waals surface area contributed by atoms with Gasteiger partial charge in [-0.15, -0.1) is 0 Å². The highest BCUT2D eigenvalue weighted by atomic mass is 32.2. The van der Waals surface area contributed by atoms with E-state index in [0.29, 0.717) is 5.95 Å². The van der Waals surface area contributed by atoms with Gasteiger partial charge in [0.1, 0.15) is 5.69 Å². The molecule has 2 fully saturated rings.